The van der Waals surface area contributed by atoms with Crippen LogP contribution in [0.3, 0.4) is 0 Å². The van der Waals surface area contributed by atoms with Gasteiger partial charge < -0.3 is 9.97 Å². The lowest BCUT2D eigenvalue weighted by atomic mass is 10.3. The summed E-state index contributed by atoms with van der Waals surface area (Å²) in [7, 11) is -1.32. The zero-order chi connectivity index (χ0) is 21.5. The number of nitrogens with zero attached hydrogens (tertiary/aromatic N) is 2. The highest BCUT2D eigenvalue weighted by Crippen LogP contribution is 2.24. The first kappa shape index (κ1) is 18.7. The maximum atomic E-state index is 13.4. The third-order valence-electron chi connectivity index (χ3n) is 5.29. The van der Waals surface area contributed by atoms with Crippen LogP contribution in [0.2, 0.25) is 0 Å². The van der Waals surface area contributed by atoms with Crippen LogP contribution in [-0.4, -0.2) is 24.1 Å². The van der Waals surface area contributed by atoms with E-state index in [2.05, 4.69) is 15.0 Å². The van der Waals surface area contributed by atoms with Crippen molar-refractivity contribution in [2.45, 2.75) is 9.79 Å². The zero-order valence-corrected chi connectivity index (χ0v) is 17.8. The molecule has 1 atom stereocenters. The minimum Gasteiger partial charge on any atom is -0.355 e. The largest absolute Gasteiger partial charge is 0.355 e. The highest BCUT2D eigenvalue weighted by atomic mass is 32.2. The van der Waals surface area contributed by atoms with E-state index in [9.17, 15) is 4.21 Å². The zero-order valence-electron chi connectivity index (χ0n) is 16.9. The van der Waals surface area contributed by atoms with E-state index in [4.69, 9.17) is 4.98 Å². The summed E-state index contributed by atoms with van der Waals surface area (Å²) in [6.07, 6.45) is 7.89. The van der Waals surface area contributed by atoms with Crippen LogP contribution in [-0.2, 0) is 10.8 Å². The molecule has 0 fully saturated rings. The van der Waals surface area contributed by atoms with Crippen molar-refractivity contribution >= 4 is 57.2 Å². The van der Waals surface area contributed by atoms with Crippen LogP contribution in [0.25, 0.3) is 46.4 Å². The summed E-state index contributed by atoms with van der Waals surface area (Å²) in [5, 5.41) is 0. The average Bonchev–Trinajstić information content (AvgIpc) is 3.59. The molecule has 6 heteroatoms. The Balaban J connectivity index is 1.64. The standard InChI is InChI=1S/C26H18N4OS/c31-32(24-4-2-1-3-5-24)26-16-23-14-21-9-8-19(28-21)12-17-6-7-18(27-17)13-20-10-11-22(29-20)15-25(26)30-23/h1-16,28,30H. The van der Waals surface area contributed by atoms with Crippen molar-refractivity contribution in [2.75, 3.05) is 0 Å². The molecule has 3 aromatic heterocycles. The quantitative estimate of drug-likeness (QED) is 0.360. The Hall–Kier alpha value is -4.03. The van der Waals surface area contributed by atoms with Crippen molar-refractivity contribution < 1.29 is 4.21 Å². The van der Waals surface area contributed by atoms with Gasteiger partial charge in [0.2, 0.25) is 0 Å². The number of hydrogen-bond acceptors (Lipinski definition) is 3. The predicted octanol–water partition coefficient (Wildman–Crippen LogP) is 5.82. The molecule has 5 heterocycles. The second-order valence-corrected chi connectivity index (χ2v) is 9.07. The van der Waals surface area contributed by atoms with Gasteiger partial charge in [0.25, 0.3) is 0 Å². The van der Waals surface area contributed by atoms with Crippen molar-refractivity contribution in [3.8, 4) is 0 Å². The number of aromatic amines is 2. The molecule has 1 unspecified atom stereocenters. The SMILES string of the molecule is O=S(c1ccccc1)c1cc2cc3ccc(cc4nc(cc5nc(cc1[nH]2)C=C5)C=C4)[nH]3. The third kappa shape index (κ3) is 3.61. The summed E-state index contributed by atoms with van der Waals surface area (Å²) in [6, 6.07) is 23.4. The Kier molecular flexibility index (Phi) is 4.44. The van der Waals surface area contributed by atoms with Gasteiger partial charge in [-0.2, -0.15) is 0 Å². The van der Waals surface area contributed by atoms with Crippen LogP contribution >= 0.6 is 0 Å². The summed E-state index contributed by atoms with van der Waals surface area (Å²) in [5.74, 6) is 0. The molecule has 154 valence electrons. The number of aromatic nitrogens is 4. The summed E-state index contributed by atoms with van der Waals surface area (Å²) >= 11 is 0. The minimum absolute atomic E-state index is 0.723. The Morgan fingerprint density at radius 2 is 1.22 bits per heavy atom. The Labute approximate surface area is 186 Å². The van der Waals surface area contributed by atoms with E-state index in [1.54, 1.807) is 0 Å². The topological polar surface area (TPSA) is 74.4 Å². The fourth-order valence-corrected chi connectivity index (χ4v) is 5.02. The second-order valence-electron chi connectivity index (χ2n) is 7.62. The predicted molar refractivity (Wildman–Crippen MR) is 130 cm³/mol. The molecule has 8 bridgehead atoms. The number of fused-ring (bicyclic) bond motifs is 8. The van der Waals surface area contributed by atoms with Crippen LogP contribution in [0.15, 0.2) is 82.6 Å². The normalized spacial score (nSPS) is 13.4. The summed E-state index contributed by atoms with van der Waals surface area (Å²) in [6.45, 7) is 0. The van der Waals surface area contributed by atoms with Crippen molar-refractivity contribution in [3.05, 3.63) is 95.6 Å². The molecule has 4 aromatic rings. The maximum Gasteiger partial charge on any atom is 0.0871 e. The van der Waals surface area contributed by atoms with Crippen LogP contribution in [0.4, 0.5) is 0 Å². The molecule has 1 aromatic carbocycles. The minimum atomic E-state index is -1.32. The van der Waals surface area contributed by atoms with Gasteiger partial charge in [-0.25, -0.2) is 14.2 Å². The van der Waals surface area contributed by atoms with E-state index in [1.165, 1.54) is 0 Å². The number of H-pyrrole nitrogens is 2. The molecular formula is C26H18N4OS. The first-order valence-electron chi connectivity index (χ1n) is 10.2. The van der Waals surface area contributed by atoms with Gasteiger partial charge in [0.1, 0.15) is 0 Å². The summed E-state index contributed by atoms with van der Waals surface area (Å²) in [5.41, 5.74) is 6.93. The van der Waals surface area contributed by atoms with Crippen molar-refractivity contribution in [1.29, 1.82) is 0 Å². The van der Waals surface area contributed by atoms with E-state index in [0.29, 0.717) is 0 Å². The molecule has 0 aliphatic carbocycles. The first-order valence-corrected chi connectivity index (χ1v) is 11.4. The average molecular weight is 435 g/mol. The Morgan fingerprint density at radius 3 is 1.94 bits per heavy atom. The lowest BCUT2D eigenvalue weighted by Crippen LogP contribution is -1.91. The van der Waals surface area contributed by atoms with E-state index >= 15 is 0 Å². The van der Waals surface area contributed by atoms with Gasteiger partial charge in [-0.3, -0.25) is 0 Å². The van der Waals surface area contributed by atoms with Gasteiger partial charge in [-0.05, 0) is 78.9 Å². The molecular weight excluding hydrogens is 416 g/mol. The lowest BCUT2D eigenvalue weighted by molar-refractivity contribution is 0.684. The van der Waals surface area contributed by atoms with Gasteiger partial charge in [-0.1, -0.05) is 18.2 Å². The molecule has 0 radical (unpaired) electrons. The molecule has 2 aliphatic heterocycles. The molecule has 6 rings (SSSR count). The monoisotopic (exact) mass is 434 g/mol. The van der Waals surface area contributed by atoms with E-state index in [1.807, 2.05) is 97.1 Å². The smallest absolute Gasteiger partial charge is 0.0871 e. The van der Waals surface area contributed by atoms with E-state index in [0.717, 1.165) is 54.6 Å². The Morgan fingerprint density at radius 1 is 0.594 bits per heavy atom. The molecule has 5 nitrogen and oxygen atoms in total. The molecule has 32 heavy (non-hydrogen) atoms. The second kappa shape index (κ2) is 7.59. The fourth-order valence-electron chi connectivity index (χ4n) is 3.82. The number of benzene rings is 1. The molecule has 0 saturated carbocycles. The summed E-state index contributed by atoms with van der Waals surface area (Å²) < 4.78 is 13.4. The number of hydrogen-bond donors (Lipinski definition) is 2. The van der Waals surface area contributed by atoms with Crippen LogP contribution < -0.4 is 0 Å². The van der Waals surface area contributed by atoms with Crippen LogP contribution in [0.1, 0.15) is 22.8 Å². The van der Waals surface area contributed by atoms with Gasteiger partial charge in [-0.15, -0.1) is 0 Å². The van der Waals surface area contributed by atoms with Gasteiger partial charge in [0.15, 0.2) is 0 Å². The highest BCUT2D eigenvalue weighted by molar-refractivity contribution is 7.85. The first-order chi connectivity index (χ1) is 15.7. The molecule has 0 saturated heterocycles. The Bertz CT molecular complexity index is 1590. The fraction of sp³-hybridized carbons (Fsp3) is 0. The molecule has 2 N–H and O–H groups in total. The highest BCUT2D eigenvalue weighted by Gasteiger charge is 2.12. The maximum absolute atomic E-state index is 13.4. The molecule has 0 amide bonds. The number of nitrogens with one attached hydrogen (secondary N) is 2. The van der Waals surface area contributed by atoms with Crippen molar-refractivity contribution in [2.24, 2.45) is 0 Å². The van der Waals surface area contributed by atoms with Gasteiger partial charge in [0, 0.05) is 21.4 Å². The third-order valence-corrected chi connectivity index (χ3v) is 6.73. The van der Waals surface area contributed by atoms with Crippen molar-refractivity contribution in [1.82, 2.24) is 19.9 Å². The van der Waals surface area contributed by atoms with E-state index < -0.39 is 10.8 Å². The number of rotatable bonds is 2. The molecule has 0 spiro atoms. The van der Waals surface area contributed by atoms with Crippen LogP contribution in [0.5, 0.6) is 0 Å². The summed E-state index contributed by atoms with van der Waals surface area (Å²) in [4.78, 5) is 17.6. The van der Waals surface area contributed by atoms with E-state index in [-0.39, 0.29) is 0 Å². The van der Waals surface area contributed by atoms with Crippen molar-refractivity contribution in [3.63, 3.8) is 0 Å². The lowest BCUT2D eigenvalue weighted by Gasteiger charge is -1.99. The van der Waals surface area contributed by atoms with Gasteiger partial charge in [0.05, 0.1) is 44.0 Å². The van der Waals surface area contributed by atoms with Gasteiger partial charge >= 0.3 is 0 Å². The van der Waals surface area contributed by atoms with Crippen LogP contribution in [0, 0.1) is 0 Å². The molecule has 2 aliphatic rings.